The van der Waals surface area contributed by atoms with E-state index in [-0.39, 0.29) is 11.9 Å². The first-order valence-corrected chi connectivity index (χ1v) is 6.37. The number of anilines is 1. The number of carbonyl (C=O) groups excluding carboxylic acids is 1. The van der Waals surface area contributed by atoms with Crippen LogP contribution >= 0.6 is 0 Å². The molecule has 2 aromatic carbocycles. The minimum Gasteiger partial charge on any atom is -0.469 e. The molecule has 2 aromatic rings. The summed E-state index contributed by atoms with van der Waals surface area (Å²) in [6.07, 6.45) is 0. The molecule has 0 aliphatic heterocycles. The van der Waals surface area contributed by atoms with Gasteiger partial charge in [0.05, 0.1) is 13.0 Å². The van der Waals surface area contributed by atoms with E-state index < -0.39 is 0 Å². The van der Waals surface area contributed by atoms with E-state index in [1.165, 1.54) is 18.1 Å². The van der Waals surface area contributed by atoms with Gasteiger partial charge in [0.25, 0.3) is 0 Å². The van der Waals surface area contributed by atoms with Crippen molar-refractivity contribution in [1.29, 1.82) is 0 Å². The van der Waals surface area contributed by atoms with E-state index >= 15 is 0 Å². The van der Waals surface area contributed by atoms with Gasteiger partial charge in [0, 0.05) is 18.1 Å². The Morgan fingerprint density at radius 3 is 2.63 bits per heavy atom. The van der Waals surface area contributed by atoms with Crippen molar-refractivity contribution in [2.75, 3.05) is 19.5 Å². The number of methoxy groups -OCH3 is 1. The standard InChI is InChI=1S/C16H19NO2/c1-10-5-6-13-9-12(11(2)16(18)19-4)7-8-14(13)15(10)17-3/h5-9,11,17H,1-4H3/t11-/m0/s1. The summed E-state index contributed by atoms with van der Waals surface area (Å²) >= 11 is 0. The van der Waals surface area contributed by atoms with E-state index in [9.17, 15) is 4.79 Å². The fourth-order valence-corrected chi connectivity index (χ4v) is 2.37. The number of carbonyl (C=O) groups is 1. The van der Waals surface area contributed by atoms with E-state index in [2.05, 4.69) is 36.5 Å². The van der Waals surface area contributed by atoms with Crippen LogP contribution in [0.15, 0.2) is 30.3 Å². The van der Waals surface area contributed by atoms with Gasteiger partial charge in [-0.3, -0.25) is 4.79 Å². The molecule has 0 saturated heterocycles. The maximum Gasteiger partial charge on any atom is 0.312 e. The highest BCUT2D eigenvalue weighted by atomic mass is 16.5. The first-order chi connectivity index (χ1) is 9.08. The van der Waals surface area contributed by atoms with E-state index in [1.807, 2.05) is 20.0 Å². The van der Waals surface area contributed by atoms with Crippen molar-refractivity contribution in [1.82, 2.24) is 0 Å². The highest BCUT2D eigenvalue weighted by molar-refractivity contribution is 5.96. The van der Waals surface area contributed by atoms with Gasteiger partial charge < -0.3 is 10.1 Å². The van der Waals surface area contributed by atoms with Crippen LogP contribution in [0.4, 0.5) is 5.69 Å². The van der Waals surface area contributed by atoms with Gasteiger partial charge in [-0.1, -0.05) is 30.3 Å². The summed E-state index contributed by atoms with van der Waals surface area (Å²) in [4.78, 5) is 11.6. The van der Waals surface area contributed by atoms with Crippen LogP contribution in [0.3, 0.4) is 0 Å². The van der Waals surface area contributed by atoms with Crippen molar-refractivity contribution >= 4 is 22.4 Å². The molecule has 19 heavy (non-hydrogen) atoms. The fraction of sp³-hybridized carbons (Fsp3) is 0.312. The predicted molar refractivity (Wildman–Crippen MR) is 78.7 cm³/mol. The zero-order valence-corrected chi connectivity index (χ0v) is 11.8. The van der Waals surface area contributed by atoms with E-state index in [0.29, 0.717) is 0 Å². The average Bonchev–Trinajstić information content (AvgIpc) is 2.45. The highest BCUT2D eigenvalue weighted by Crippen LogP contribution is 2.29. The lowest BCUT2D eigenvalue weighted by Crippen LogP contribution is -2.10. The number of hydrogen-bond donors (Lipinski definition) is 1. The third kappa shape index (κ3) is 2.41. The smallest absolute Gasteiger partial charge is 0.312 e. The third-order valence-corrected chi connectivity index (χ3v) is 3.56. The minimum atomic E-state index is -0.242. The highest BCUT2D eigenvalue weighted by Gasteiger charge is 2.16. The number of aryl methyl sites for hydroxylation is 1. The second-order valence-corrected chi connectivity index (χ2v) is 4.73. The van der Waals surface area contributed by atoms with Crippen molar-refractivity contribution in [3.63, 3.8) is 0 Å². The van der Waals surface area contributed by atoms with Gasteiger partial charge in [0.1, 0.15) is 0 Å². The van der Waals surface area contributed by atoms with Crippen LogP contribution in [0.5, 0.6) is 0 Å². The molecular formula is C16H19NO2. The number of benzene rings is 2. The number of esters is 1. The Bertz CT molecular complexity index is 619. The lowest BCUT2D eigenvalue weighted by Gasteiger charge is -2.13. The van der Waals surface area contributed by atoms with Crippen molar-refractivity contribution in [3.05, 3.63) is 41.5 Å². The summed E-state index contributed by atoms with van der Waals surface area (Å²) < 4.78 is 4.79. The van der Waals surface area contributed by atoms with Crippen LogP contribution in [-0.4, -0.2) is 20.1 Å². The molecule has 0 aromatic heterocycles. The number of nitrogens with one attached hydrogen (secondary N) is 1. The Labute approximate surface area is 113 Å². The van der Waals surface area contributed by atoms with Crippen molar-refractivity contribution in [2.45, 2.75) is 19.8 Å². The molecule has 0 bridgehead atoms. The maximum atomic E-state index is 11.6. The molecule has 0 heterocycles. The predicted octanol–water partition coefficient (Wildman–Crippen LogP) is 3.47. The van der Waals surface area contributed by atoms with E-state index in [4.69, 9.17) is 4.74 Å². The normalized spacial score (nSPS) is 12.2. The summed E-state index contributed by atoms with van der Waals surface area (Å²) in [5.41, 5.74) is 3.32. The molecule has 1 atom stereocenters. The van der Waals surface area contributed by atoms with Crippen LogP contribution in [0, 0.1) is 6.92 Å². The van der Waals surface area contributed by atoms with Gasteiger partial charge in [-0.15, -0.1) is 0 Å². The molecule has 0 radical (unpaired) electrons. The summed E-state index contributed by atoms with van der Waals surface area (Å²) in [7, 11) is 3.34. The van der Waals surface area contributed by atoms with Gasteiger partial charge >= 0.3 is 5.97 Å². The largest absolute Gasteiger partial charge is 0.469 e. The monoisotopic (exact) mass is 257 g/mol. The average molecular weight is 257 g/mol. The molecule has 1 N–H and O–H groups in total. The fourth-order valence-electron chi connectivity index (χ4n) is 2.37. The van der Waals surface area contributed by atoms with Crippen LogP contribution in [-0.2, 0) is 9.53 Å². The molecule has 100 valence electrons. The number of hydrogen-bond acceptors (Lipinski definition) is 3. The Balaban J connectivity index is 2.53. The third-order valence-electron chi connectivity index (χ3n) is 3.56. The summed E-state index contributed by atoms with van der Waals surface area (Å²) in [5.74, 6) is -0.450. The summed E-state index contributed by atoms with van der Waals surface area (Å²) in [6.45, 7) is 3.94. The summed E-state index contributed by atoms with van der Waals surface area (Å²) in [5, 5.41) is 5.53. The molecule has 0 amide bonds. The molecular weight excluding hydrogens is 238 g/mol. The topological polar surface area (TPSA) is 38.3 Å². The lowest BCUT2D eigenvalue weighted by molar-refractivity contribution is -0.141. The molecule has 0 unspecified atom stereocenters. The van der Waals surface area contributed by atoms with Crippen LogP contribution < -0.4 is 5.32 Å². The van der Waals surface area contributed by atoms with Gasteiger partial charge in [0.15, 0.2) is 0 Å². The van der Waals surface area contributed by atoms with Crippen LogP contribution in [0.2, 0.25) is 0 Å². The zero-order chi connectivity index (χ0) is 14.0. The van der Waals surface area contributed by atoms with Gasteiger partial charge in [-0.2, -0.15) is 0 Å². The Kier molecular flexibility index (Phi) is 3.74. The quantitative estimate of drug-likeness (QED) is 0.856. The van der Waals surface area contributed by atoms with E-state index in [1.54, 1.807) is 0 Å². The van der Waals surface area contributed by atoms with Crippen LogP contribution in [0.25, 0.3) is 10.8 Å². The molecule has 0 aliphatic carbocycles. The zero-order valence-electron chi connectivity index (χ0n) is 11.8. The lowest BCUT2D eigenvalue weighted by atomic mass is 9.96. The van der Waals surface area contributed by atoms with Gasteiger partial charge in [-0.25, -0.2) is 0 Å². The summed E-state index contributed by atoms with van der Waals surface area (Å²) in [6, 6.07) is 10.3. The number of fused-ring (bicyclic) bond motifs is 1. The van der Waals surface area contributed by atoms with Crippen molar-refractivity contribution in [2.24, 2.45) is 0 Å². The Hall–Kier alpha value is -2.03. The molecule has 0 saturated carbocycles. The number of rotatable bonds is 3. The Morgan fingerprint density at radius 2 is 2.00 bits per heavy atom. The molecule has 3 nitrogen and oxygen atoms in total. The molecule has 0 fully saturated rings. The molecule has 0 aliphatic rings. The second-order valence-electron chi connectivity index (χ2n) is 4.73. The minimum absolute atomic E-state index is 0.208. The van der Waals surface area contributed by atoms with Crippen LogP contribution in [0.1, 0.15) is 24.0 Å². The first kappa shape index (κ1) is 13.4. The maximum absolute atomic E-state index is 11.6. The van der Waals surface area contributed by atoms with Gasteiger partial charge in [0.2, 0.25) is 0 Å². The SMILES string of the molecule is CNc1c(C)ccc2cc([C@H](C)C(=O)OC)ccc12. The van der Waals surface area contributed by atoms with E-state index in [0.717, 1.165) is 16.6 Å². The molecule has 0 spiro atoms. The first-order valence-electron chi connectivity index (χ1n) is 6.37. The number of ether oxygens (including phenoxy) is 1. The van der Waals surface area contributed by atoms with Crippen molar-refractivity contribution in [3.8, 4) is 0 Å². The van der Waals surface area contributed by atoms with Gasteiger partial charge in [-0.05, 0) is 30.4 Å². The molecule has 2 rings (SSSR count). The van der Waals surface area contributed by atoms with Crippen molar-refractivity contribution < 1.29 is 9.53 Å². The molecule has 3 heteroatoms. The second kappa shape index (κ2) is 5.31. The Morgan fingerprint density at radius 1 is 1.26 bits per heavy atom.